The minimum Gasteiger partial charge on any atom is -0.481 e. The van der Waals surface area contributed by atoms with Gasteiger partial charge < -0.3 is 15.7 Å². The van der Waals surface area contributed by atoms with Crippen molar-refractivity contribution in [3.8, 4) is 0 Å². The van der Waals surface area contributed by atoms with Crippen molar-refractivity contribution >= 4 is 12.0 Å². The first-order chi connectivity index (χ1) is 10.1. The summed E-state index contributed by atoms with van der Waals surface area (Å²) in [4.78, 5) is 23.1. The summed E-state index contributed by atoms with van der Waals surface area (Å²) in [5, 5.41) is 15.1. The van der Waals surface area contributed by atoms with Crippen LogP contribution in [-0.4, -0.2) is 29.2 Å². The molecule has 0 saturated heterocycles. The number of rotatable bonds is 3. The lowest BCUT2D eigenvalue weighted by molar-refractivity contribution is -0.143. The average Bonchev–Trinajstić information content (AvgIpc) is 2.42. The van der Waals surface area contributed by atoms with E-state index in [0.29, 0.717) is 6.42 Å². The average molecular weight is 296 g/mol. The quantitative estimate of drug-likeness (QED) is 0.749. The van der Waals surface area contributed by atoms with Crippen LogP contribution in [-0.2, 0) is 4.79 Å². The SMILES string of the molecule is O=C(NC1CCCCCCC1)NC1CCCC(C(=O)O)C1. The second-order valence-electron chi connectivity index (χ2n) is 6.56. The molecule has 120 valence electrons. The van der Waals surface area contributed by atoms with Gasteiger partial charge in [0.1, 0.15) is 0 Å². The van der Waals surface area contributed by atoms with E-state index in [0.717, 1.165) is 32.1 Å². The van der Waals surface area contributed by atoms with E-state index in [4.69, 9.17) is 5.11 Å². The Morgan fingerprint density at radius 2 is 1.33 bits per heavy atom. The fourth-order valence-electron chi connectivity index (χ4n) is 3.56. The van der Waals surface area contributed by atoms with Gasteiger partial charge in [0.05, 0.1) is 5.92 Å². The van der Waals surface area contributed by atoms with Crippen LogP contribution in [0, 0.1) is 5.92 Å². The summed E-state index contributed by atoms with van der Waals surface area (Å²) in [6.07, 6.45) is 11.4. The fraction of sp³-hybridized carbons (Fsp3) is 0.875. The summed E-state index contributed by atoms with van der Waals surface area (Å²) in [5.41, 5.74) is 0. The minimum absolute atomic E-state index is 0.00778. The maximum Gasteiger partial charge on any atom is 0.315 e. The number of amides is 2. The van der Waals surface area contributed by atoms with Gasteiger partial charge in [-0.3, -0.25) is 4.79 Å². The maximum atomic E-state index is 12.1. The van der Waals surface area contributed by atoms with Crippen LogP contribution in [0.2, 0.25) is 0 Å². The Kier molecular flexibility index (Phi) is 6.33. The largest absolute Gasteiger partial charge is 0.481 e. The Morgan fingerprint density at radius 1 is 0.762 bits per heavy atom. The molecule has 2 aliphatic rings. The van der Waals surface area contributed by atoms with Gasteiger partial charge in [0.15, 0.2) is 0 Å². The lowest BCUT2D eigenvalue weighted by Crippen LogP contribution is -2.48. The minimum atomic E-state index is -0.734. The zero-order valence-electron chi connectivity index (χ0n) is 12.8. The van der Waals surface area contributed by atoms with Crippen molar-refractivity contribution in [2.75, 3.05) is 0 Å². The van der Waals surface area contributed by atoms with E-state index in [1.807, 2.05) is 0 Å². The molecule has 2 rings (SSSR count). The highest BCUT2D eigenvalue weighted by molar-refractivity contribution is 5.75. The summed E-state index contributed by atoms with van der Waals surface area (Å²) in [7, 11) is 0. The van der Waals surface area contributed by atoms with Gasteiger partial charge >= 0.3 is 12.0 Å². The molecule has 0 aromatic carbocycles. The van der Waals surface area contributed by atoms with Crippen LogP contribution in [0.3, 0.4) is 0 Å². The Morgan fingerprint density at radius 3 is 2.00 bits per heavy atom. The van der Waals surface area contributed by atoms with Crippen LogP contribution in [0.1, 0.15) is 70.6 Å². The Balaban J connectivity index is 1.74. The van der Waals surface area contributed by atoms with Crippen molar-refractivity contribution in [3.05, 3.63) is 0 Å². The van der Waals surface area contributed by atoms with Crippen molar-refractivity contribution in [1.29, 1.82) is 0 Å². The molecule has 2 amide bonds. The number of aliphatic carboxylic acids is 1. The molecule has 2 unspecified atom stereocenters. The van der Waals surface area contributed by atoms with Gasteiger partial charge in [-0.1, -0.05) is 38.5 Å². The monoisotopic (exact) mass is 296 g/mol. The van der Waals surface area contributed by atoms with E-state index in [-0.39, 0.29) is 24.0 Å². The molecular formula is C16H28N2O3. The number of nitrogens with one attached hydrogen (secondary N) is 2. The molecule has 0 aliphatic heterocycles. The molecule has 2 fully saturated rings. The maximum absolute atomic E-state index is 12.1. The van der Waals surface area contributed by atoms with E-state index < -0.39 is 5.97 Å². The highest BCUT2D eigenvalue weighted by Gasteiger charge is 2.28. The predicted molar refractivity (Wildman–Crippen MR) is 81.2 cm³/mol. The van der Waals surface area contributed by atoms with E-state index in [2.05, 4.69) is 10.6 Å². The first-order valence-corrected chi connectivity index (χ1v) is 8.45. The molecule has 0 spiro atoms. The summed E-state index contributed by atoms with van der Waals surface area (Å²) >= 11 is 0. The number of carboxylic acid groups (broad SMARTS) is 1. The Bertz CT molecular complexity index is 351. The third-order valence-corrected chi connectivity index (χ3v) is 4.80. The lowest BCUT2D eigenvalue weighted by Gasteiger charge is -2.28. The number of hydrogen-bond donors (Lipinski definition) is 3. The van der Waals surface area contributed by atoms with Crippen molar-refractivity contribution in [1.82, 2.24) is 10.6 Å². The molecular weight excluding hydrogens is 268 g/mol. The third kappa shape index (κ3) is 5.56. The molecule has 0 bridgehead atoms. The predicted octanol–water partition coefficient (Wildman–Crippen LogP) is 3.04. The molecule has 21 heavy (non-hydrogen) atoms. The highest BCUT2D eigenvalue weighted by atomic mass is 16.4. The standard InChI is InChI=1S/C16H28N2O3/c19-15(20)12-7-6-10-14(11-12)18-16(21)17-13-8-4-2-1-3-5-9-13/h12-14H,1-11H2,(H,19,20)(H2,17,18,21). The van der Waals surface area contributed by atoms with Gasteiger partial charge in [-0.05, 0) is 32.1 Å². The zero-order valence-corrected chi connectivity index (χ0v) is 12.8. The van der Waals surface area contributed by atoms with Crippen LogP contribution in [0.25, 0.3) is 0 Å². The van der Waals surface area contributed by atoms with Gasteiger partial charge in [0.2, 0.25) is 0 Å². The number of carbonyl (C=O) groups is 2. The molecule has 2 aliphatic carbocycles. The second kappa shape index (κ2) is 8.25. The smallest absolute Gasteiger partial charge is 0.315 e. The van der Waals surface area contributed by atoms with Crippen LogP contribution in [0.4, 0.5) is 4.79 Å². The molecule has 2 atom stereocenters. The molecule has 5 heteroatoms. The molecule has 5 nitrogen and oxygen atoms in total. The van der Waals surface area contributed by atoms with Crippen LogP contribution < -0.4 is 10.6 Å². The number of urea groups is 1. The molecule has 0 radical (unpaired) electrons. The van der Waals surface area contributed by atoms with E-state index in [9.17, 15) is 9.59 Å². The molecule has 2 saturated carbocycles. The summed E-state index contributed by atoms with van der Waals surface area (Å²) in [5.74, 6) is -1.03. The van der Waals surface area contributed by atoms with Crippen molar-refractivity contribution in [3.63, 3.8) is 0 Å². The Labute approximate surface area is 126 Å². The highest BCUT2D eigenvalue weighted by Crippen LogP contribution is 2.24. The number of carbonyl (C=O) groups excluding carboxylic acids is 1. The molecule has 0 aromatic heterocycles. The van der Waals surface area contributed by atoms with Gasteiger partial charge in [0, 0.05) is 12.1 Å². The van der Waals surface area contributed by atoms with E-state index >= 15 is 0 Å². The van der Waals surface area contributed by atoms with Crippen LogP contribution in [0.15, 0.2) is 0 Å². The van der Waals surface area contributed by atoms with E-state index in [1.165, 1.54) is 32.1 Å². The Hall–Kier alpha value is -1.26. The van der Waals surface area contributed by atoms with E-state index in [1.54, 1.807) is 0 Å². The number of hydrogen-bond acceptors (Lipinski definition) is 2. The summed E-state index contributed by atoms with van der Waals surface area (Å²) in [6, 6.07) is 0.175. The van der Waals surface area contributed by atoms with Crippen molar-refractivity contribution < 1.29 is 14.7 Å². The first-order valence-electron chi connectivity index (χ1n) is 8.45. The van der Waals surface area contributed by atoms with Crippen molar-refractivity contribution in [2.24, 2.45) is 5.92 Å². The first kappa shape index (κ1) is 16.1. The molecule has 3 N–H and O–H groups in total. The third-order valence-electron chi connectivity index (χ3n) is 4.80. The topological polar surface area (TPSA) is 78.4 Å². The number of carboxylic acids is 1. The van der Waals surface area contributed by atoms with Gasteiger partial charge in [-0.25, -0.2) is 4.79 Å². The summed E-state index contributed by atoms with van der Waals surface area (Å²) in [6.45, 7) is 0. The fourth-order valence-corrected chi connectivity index (χ4v) is 3.56. The molecule has 0 aromatic rings. The van der Waals surface area contributed by atoms with Crippen LogP contribution >= 0.6 is 0 Å². The summed E-state index contributed by atoms with van der Waals surface area (Å²) < 4.78 is 0. The van der Waals surface area contributed by atoms with Gasteiger partial charge in [0.25, 0.3) is 0 Å². The van der Waals surface area contributed by atoms with Gasteiger partial charge in [-0.15, -0.1) is 0 Å². The normalized spacial score (nSPS) is 28.2. The van der Waals surface area contributed by atoms with Crippen LogP contribution in [0.5, 0.6) is 0 Å². The lowest BCUT2D eigenvalue weighted by atomic mass is 9.86. The van der Waals surface area contributed by atoms with Gasteiger partial charge in [-0.2, -0.15) is 0 Å². The molecule has 0 heterocycles. The second-order valence-corrected chi connectivity index (χ2v) is 6.56. The van der Waals surface area contributed by atoms with Crippen molar-refractivity contribution in [2.45, 2.75) is 82.7 Å². The zero-order chi connectivity index (χ0) is 15.1.